The quantitative estimate of drug-likeness (QED) is 0.540. The predicted octanol–water partition coefficient (Wildman–Crippen LogP) is 4.87. The number of thioether (sulfide) groups is 1. The van der Waals surface area contributed by atoms with Crippen molar-refractivity contribution in [3.63, 3.8) is 0 Å². The van der Waals surface area contributed by atoms with Gasteiger partial charge in [-0.3, -0.25) is 9.59 Å². The van der Waals surface area contributed by atoms with E-state index >= 15 is 0 Å². The summed E-state index contributed by atoms with van der Waals surface area (Å²) in [5, 5.41) is 9.42. The number of rotatable bonds is 6. The zero-order valence-corrected chi connectivity index (χ0v) is 19.9. The Kier molecular flexibility index (Phi) is 6.63. The molecule has 0 unspecified atom stereocenters. The van der Waals surface area contributed by atoms with Crippen LogP contribution in [0.15, 0.2) is 95.0 Å². The number of nitrogens with zero attached hydrogens (tertiary/aromatic N) is 3. The minimum atomic E-state index is -0.594. The van der Waals surface area contributed by atoms with E-state index in [-0.39, 0.29) is 24.3 Å². The molecule has 35 heavy (non-hydrogen) atoms. The molecule has 2 heterocycles. The summed E-state index contributed by atoms with van der Waals surface area (Å²) in [7, 11) is 1.64. The zero-order valence-electron chi connectivity index (χ0n) is 19.1. The van der Waals surface area contributed by atoms with Gasteiger partial charge in [-0.05, 0) is 23.8 Å². The molecule has 3 aromatic rings. The van der Waals surface area contributed by atoms with Crippen LogP contribution in [0, 0.1) is 0 Å². The number of para-hydroxylation sites is 2. The van der Waals surface area contributed by atoms with Gasteiger partial charge in [0.15, 0.2) is 5.17 Å². The SMILES string of the molecule is COc1ccccc1[C@H]1CC(c2ccccc2)=NN1C1=NC(=O)[C@@H](CC(=O)Nc2ccccc2)S1. The highest BCUT2D eigenvalue weighted by atomic mass is 32.2. The van der Waals surface area contributed by atoms with Gasteiger partial charge < -0.3 is 10.1 Å². The first-order chi connectivity index (χ1) is 17.1. The maximum atomic E-state index is 12.8. The van der Waals surface area contributed by atoms with Gasteiger partial charge in [-0.2, -0.15) is 10.1 Å². The van der Waals surface area contributed by atoms with E-state index in [1.54, 1.807) is 12.1 Å². The van der Waals surface area contributed by atoms with Crippen molar-refractivity contribution < 1.29 is 14.3 Å². The molecular formula is C27H24N4O3S. The number of carbonyl (C=O) groups is 2. The monoisotopic (exact) mass is 484 g/mol. The van der Waals surface area contributed by atoms with E-state index in [0.717, 1.165) is 22.6 Å². The number of ether oxygens (including phenoxy) is 1. The van der Waals surface area contributed by atoms with E-state index in [4.69, 9.17) is 9.84 Å². The molecule has 3 aromatic carbocycles. The molecule has 2 aliphatic heterocycles. The van der Waals surface area contributed by atoms with Crippen molar-refractivity contribution in [3.8, 4) is 5.75 Å². The third kappa shape index (κ3) is 4.97. The highest BCUT2D eigenvalue weighted by Gasteiger charge is 2.40. The van der Waals surface area contributed by atoms with Crippen LogP contribution in [0.4, 0.5) is 5.69 Å². The van der Waals surface area contributed by atoms with Crippen LogP contribution < -0.4 is 10.1 Å². The number of nitrogens with one attached hydrogen (secondary N) is 1. The lowest BCUT2D eigenvalue weighted by molar-refractivity contribution is -0.121. The number of anilines is 1. The molecule has 0 aromatic heterocycles. The molecule has 0 spiro atoms. The summed E-state index contributed by atoms with van der Waals surface area (Å²) < 4.78 is 5.62. The summed E-state index contributed by atoms with van der Waals surface area (Å²) in [6.45, 7) is 0. The van der Waals surface area contributed by atoms with Crippen LogP contribution in [-0.2, 0) is 9.59 Å². The van der Waals surface area contributed by atoms with Crippen molar-refractivity contribution >= 4 is 40.1 Å². The van der Waals surface area contributed by atoms with Crippen molar-refractivity contribution in [1.29, 1.82) is 0 Å². The number of aliphatic imine (C=N–C) groups is 1. The molecule has 0 saturated heterocycles. The lowest BCUT2D eigenvalue weighted by Crippen LogP contribution is -2.25. The fourth-order valence-corrected chi connectivity index (χ4v) is 5.24. The highest BCUT2D eigenvalue weighted by molar-refractivity contribution is 8.15. The molecule has 5 rings (SSSR count). The van der Waals surface area contributed by atoms with Crippen LogP contribution in [0.25, 0.3) is 0 Å². The molecule has 176 valence electrons. The summed E-state index contributed by atoms with van der Waals surface area (Å²) in [5.41, 5.74) is 3.58. The smallest absolute Gasteiger partial charge is 0.262 e. The Balaban J connectivity index is 1.38. The number of hydrogen-bond donors (Lipinski definition) is 1. The Morgan fingerprint density at radius 3 is 2.46 bits per heavy atom. The molecule has 2 atom stereocenters. The molecule has 0 radical (unpaired) electrons. The lowest BCUT2D eigenvalue weighted by Gasteiger charge is -2.24. The average Bonchev–Trinajstić information content (AvgIpc) is 3.49. The van der Waals surface area contributed by atoms with Crippen LogP contribution >= 0.6 is 11.8 Å². The second kappa shape index (κ2) is 10.1. The van der Waals surface area contributed by atoms with Crippen molar-refractivity contribution in [2.24, 2.45) is 10.1 Å². The second-order valence-electron chi connectivity index (χ2n) is 8.18. The molecule has 2 amide bonds. The number of benzene rings is 3. The number of carbonyl (C=O) groups excluding carboxylic acids is 2. The van der Waals surface area contributed by atoms with E-state index in [0.29, 0.717) is 17.3 Å². The van der Waals surface area contributed by atoms with Gasteiger partial charge in [-0.1, -0.05) is 78.5 Å². The number of amidine groups is 1. The molecule has 7 nitrogen and oxygen atoms in total. The lowest BCUT2D eigenvalue weighted by atomic mass is 9.98. The summed E-state index contributed by atoms with van der Waals surface area (Å²) >= 11 is 1.28. The first kappa shape index (κ1) is 22.9. The van der Waals surface area contributed by atoms with Crippen molar-refractivity contribution in [2.75, 3.05) is 12.4 Å². The van der Waals surface area contributed by atoms with E-state index in [2.05, 4.69) is 10.3 Å². The predicted molar refractivity (Wildman–Crippen MR) is 139 cm³/mol. The van der Waals surface area contributed by atoms with E-state index in [1.165, 1.54) is 11.8 Å². The van der Waals surface area contributed by atoms with Crippen LogP contribution in [0.2, 0.25) is 0 Å². The third-order valence-corrected chi connectivity index (χ3v) is 7.01. The maximum absolute atomic E-state index is 12.8. The molecule has 8 heteroatoms. The Labute approximate surface area is 207 Å². The fourth-order valence-electron chi connectivity index (χ4n) is 4.18. The Bertz CT molecular complexity index is 1290. The minimum Gasteiger partial charge on any atom is -0.496 e. The average molecular weight is 485 g/mol. The van der Waals surface area contributed by atoms with Crippen molar-refractivity contribution in [1.82, 2.24) is 5.01 Å². The Morgan fingerprint density at radius 1 is 1.03 bits per heavy atom. The fraction of sp³-hybridized carbons (Fsp3) is 0.185. The largest absolute Gasteiger partial charge is 0.496 e. The van der Waals surface area contributed by atoms with Gasteiger partial charge in [-0.25, -0.2) is 5.01 Å². The van der Waals surface area contributed by atoms with Crippen molar-refractivity contribution in [2.45, 2.75) is 24.1 Å². The third-order valence-electron chi connectivity index (χ3n) is 5.87. The van der Waals surface area contributed by atoms with Gasteiger partial charge in [0, 0.05) is 24.1 Å². The van der Waals surface area contributed by atoms with E-state index in [9.17, 15) is 9.59 Å². The van der Waals surface area contributed by atoms with Gasteiger partial charge in [0.1, 0.15) is 11.0 Å². The molecule has 1 N–H and O–H groups in total. The standard InChI is InChI=1S/C27H24N4O3S/c1-34-23-15-9-8-14-20(23)22-16-21(18-10-4-2-5-11-18)30-31(22)27-29-26(33)24(35-27)17-25(32)28-19-12-6-3-7-13-19/h2-15,22,24H,16-17H2,1H3,(H,28,32)/t22-,24-/m1/s1. The van der Waals surface area contributed by atoms with E-state index in [1.807, 2.05) is 84.9 Å². The highest BCUT2D eigenvalue weighted by Crippen LogP contribution is 2.41. The second-order valence-corrected chi connectivity index (χ2v) is 9.35. The van der Waals surface area contributed by atoms with Crippen LogP contribution in [-0.4, -0.2) is 40.1 Å². The molecule has 0 bridgehead atoms. The normalized spacial score (nSPS) is 19.3. The van der Waals surface area contributed by atoms with Crippen LogP contribution in [0.3, 0.4) is 0 Å². The molecule has 0 saturated carbocycles. The number of hydrazone groups is 1. The summed E-state index contributed by atoms with van der Waals surface area (Å²) in [6.07, 6.45) is 0.672. The maximum Gasteiger partial charge on any atom is 0.262 e. The Hall–Kier alpha value is -3.91. The van der Waals surface area contributed by atoms with Gasteiger partial charge in [0.05, 0.1) is 18.9 Å². The molecule has 0 aliphatic carbocycles. The molecule has 2 aliphatic rings. The molecule has 0 fully saturated rings. The Morgan fingerprint density at radius 2 is 1.71 bits per heavy atom. The number of methoxy groups -OCH3 is 1. The molecular weight excluding hydrogens is 460 g/mol. The zero-order chi connectivity index (χ0) is 24.2. The number of hydrogen-bond acceptors (Lipinski definition) is 6. The topological polar surface area (TPSA) is 83.4 Å². The van der Waals surface area contributed by atoms with Gasteiger partial charge in [0.2, 0.25) is 5.91 Å². The summed E-state index contributed by atoms with van der Waals surface area (Å²) in [6, 6.07) is 26.8. The number of amides is 2. The van der Waals surface area contributed by atoms with Crippen molar-refractivity contribution in [3.05, 3.63) is 96.1 Å². The van der Waals surface area contributed by atoms with E-state index < -0.39 is 5.25 Å². The van der Waals surface area contributed by atoms with Crippen LogP contribution in [0.1, 0.15) is 30.0 Å². The van der Waals surface area contributed by atoms with Gasteiger partial charge in [-0.15, -0.1) is 0 Å². The van der Waals surface area contributed by atoms with Crippen LogP contribution in [0.5, 0.6) is 5.75 Å². The minimum absolute atomic E-state index is 0.0355. The summed E-state index contributed by atoms with van der Waals surface area (Å²) in [5.74, 6) is 0.200. The van der Waals surface area contributed by atoms with Gasteiger partial charge in [0.25, 0.3) is 5.91 Å². The summed E-state index contributed by atoms with van der Waals surface area (Å²) in [4.78, 5) is 29.6. The first-order valence-corrected chi connectivity index (χ1v) is 12.2. The van der Waals surface area contributed by atoms with Gasteiger partial charge >= 0.3 is 0 Å². The first-order valence-electron chi connectivity index (χ1n) is 11.3.